The van der Waals surface area contributed by atoms with Crippen LogP contribution in [-0.2, 0) is 23.9 Å². The molecule has 3 N–H and O–H groups in total. The molecule has 8 nitrogen and oxygen atoms in total. The van der Waals surface area contributed by atoms with Crippen LogP contribution in [0.4, 0.5) is 0 Å². The molecule has 0 aliphatic carbocycles. The lowest BCUT2D eigenvalue weighted by Crippen LogP contribution is -2.49. The average Bonchev–Trinajstić information content (AvgIpc) is 2.69. The first-order valence-corrected chi connectivity index (χ1v) is 5.43. The number of hydrogen-bond acceptors (Lipinski definition) is 7. The van der Waals surface area contributed by atoms with E-state index in [-0.39, 0.29) is 18.9 Å². The maximum Gasteiger partial charge on any atom is 0.303 e. The van der Waals surface area contributed by atoms with Crippen LogP contribution in [0.1, 0.15) is 20.3 Å². The van der Waals surface area contributed by atoms with E-state index in [0.717, 1.165) is 0 Å². The average molecular weight is 260 g/mol. The van der Waals surface area contributed by atoms with Gasteiger partial charge in [0.1, 0.15) is 18.8 Å². The number of hydrogen-bond donors (Lipinski definition) is 3. The SMILES string of the molecule is CC(=O)OC[C@@H](O)[C@@H](OC(C)=O)[C@@H]1CC(=O)NN1. The fourth-order valence-corrected chi connectivity index (χ4v) is 1.59. The predicted octanol–water partition coefficient (Wildman–Crippen LogP) is -1.76. The molecule has 1 saturated heterocycles. The van der Waals surface area contributed by atoms with Gasteiger partial charge < -0.3 is 14.6 Å². The van der Waals surface area contributed by atoms with Crippen molar-refractivity contribution in [2.75, 3.05) is 6.61 Å². The Morgan fingerprint density at radius 1 is 1.44 bits per heavy atom. The Bertz CT molecular complexity index is 345. The highest BCUT2D eigenvalue weighted by Crippen LogP contribution is 2.13. The maximum absolute atomic E-state index is 11.1. The minimum atomic E-state index is -1.21. The molecule has 1 aliphatic heterocycles. The van der Waals surface area contributed by atoms with Crippen molar-refractivity contribution >= 4 is 17.8 Å². The molecule has 1 heterocycles. The van der Waals surface area contributed by atoms with Gasteiger partial charge in [-0.25, -0.2) is 5.43 Å². The minimum Gasteiger partial charge on any atom is -0.463 e. The molecule has 3 atom stereocenters. The molecule has 1 rings (SSSR count). The fraction of sp³-hybridized carbons (Fsp3) is 0.700. The van der Waals surface area contributed by atoms with Gasteiger partial charge >= 0.3 is 11.9 Å². The molecule has 102 valence electrons. The van der Waals surface area contributed by atoms with E-state index < -0.39 is 30.2 Å². The van der Waals surface area contributed by atoms with Crippen LogP contribution in [0.2, 0.25) is 0 Å². The fourth-order valence-electron chi connectivity index (χ4n) is 1.59. The van der Waals surface area contributed by atoms with Gasteiger partial charge in [-0.05, 0) is 0 Å². The van der Waals surface area contributed by atoms with E-state index in [1.165, 1.54) is 13.8 Å². The standard InChI is InChI=1S/C10H16N2O6/c1-5(13)17-4-8(15)10(18-6(2)14)7-3-9(16)12-11-7/h7-8,10-11,15H,3-4H2,1-2H3,(H,12,16)/t7-,8+,10-/m0/s1. The molecule has 18 heavy (non-hydrogen) atoms. The van der Waals surface area contributed by atoms with Crippen LogP contribution in [0, 0.1) is 0 Å². The second-order valence-corrected chi connectivity index (χ2v) is 3.95. The van der Waals surface area contributed by atoms with E-state index in [4.69, 9.17) is 4.74 Å². The Kier molecular flexibility index (Phi) is 5.05. The molecule has 0 aromatic carbocycles. The predicted molar refractivity (Wildman–Crippen MR) is 57.9 cm³/mol. The van der Waals surface area contributed by atoms with Gasteiger partial charge in [0.15, 0.2) is 0 Å². The first-order valence-electron chi connectivity index (χ1n) is 5.43. The zero-order valence-electron chi connectivity index (χ0n) is 10.1. The van der Waals surface area contributed by atoms with Crippen molar-refractivity contribution in [1.29, 1.82) is 0 Å². The Labute approximate surface area is 104 Å². The lowest BCUT2D eigenvalue weighted by molar-refractivity contribution is -0.160. The Hall–Kier alpha value is -1.67. The number of aliphatic hydroxyl groups excluding tert-OH is 1. The smallest absolute Gasteiger partial charge is 0.303 e. The lowest BCUT2D eigenvalue weighted by atomic mass is 10.0. The molecular weight excluding hydrogens is 244 g/mol. The van der Waals surface area contributed by atoms with Gasteiger partial charge in [-0.15, -0.1) is 0 Å². The number of nitrogens with one attached hydrogen (secondary N) is 2. The summed E-state index contributed by atoms with van der Waals surface area (Å²) in [5, 5.41) is 9.82. The van der Waals surface area contributed by atoms with E-state index in [9.17, 15) is 19.5 Å². The molecule has 1 aliphatic rings. The summed E-state index contributed by atoms with van der Waals surface area (Å²) in [6.45, 7) is 2.09. The van der Waals surface area contributed by atoms with Gasteiger partial charge in [0.05, 0.1) is 6.04 Å². The molecular formula is C10H16N2O6. The third-order valence-corrected chi connectivity index (χ3v) is 2.34. The van der Waals surface area contributed by atoms with Crippen LogP contribution < -0.4 is 10.9 Å². The molecule has 0 bridgehead atoms. The Balaban J connectivity index is 2.61. The van der Waals surface area contributed by atoms with Crippen LogP contribution in [0.25, 0.3) is 0 Å². The Morgan fingerprint density at radius 3 is 2.56 bits per heavy atom. The van der Waals surface area contributed by atoms with Crippen LogP contribution in [0.15, 0.2) is 0 Å². The molecule has 0 spiro atoms. The summed E-state index contributed by atoms with van der Waals surface area (Å²) in [7, 11) is 0. The van der Waals surface area contributed by atoms with Gasteiger partial charge in [-0.3, -0.25) is 19.8 Å². The van der Waals surface area contributed by atoms with Crippen molar-refractivity contribution in [1.82, 2.24) is 10.9 Å². The Morgan fingerprint density at radius 2 is 2.11 bits per heavy atom. The topological polar surface area (TPSA) is 114 Å². The molecule has 0 radical (unpaired) electrons. The maximum atomic E-state index is 11.1. The van der Waals surface area contributed by atoms with Gasteiger partial charge in [0.2, 0.25) is 5.91 Å². The second kappa shape index (κ2) is 6.31. The first kappa shape index (κ1) is 14.4. The van der Waals surface area contributed by atoms with Crippen LogP contribution in [0.3, 0.4) is 0 Å². The molecule has 0 unspecified atom stereocenters. The number of rotatable bonds is 5. The highest BCUT2D eigenvalue weighted by atomic mass is 16.6. The summed E-state index contributed by atoms with van der Waals surface area (Å²) in [6.07, 6.45) is -2.11. The summed E-state index contributed by atoms with van der Waals surface area (Å²) >= 11 is 0. The van der Waals surface area contributed by atoms with Gasteiger partial charge in [-0.2, -0.15) is 0 Å². The number of carbonyl (C=O) groups excluding carboxylic acids is 3. The van der Waals surface area contributed by atoms with Crippen LogP contribution >= 0.6 is 0 Å². The summed E-state index contributed by atoms with van der Waals surface area (Å²) in [5.41, 5.74) is 4.95. The van der Waals surface area contributed by atoms with Gasteiger partial charge in [0, 0.05) is 20.3 Å². The lowest BCUT2D eigenvalue weighted by Gasteiger charge is -2.26. The largest absolute Gasteiger partial charge is 0.463 e. The molecule has 0 aromatic heterocycles. The minimum absolute atomic E-state index is 0.0646. The number of esters is 2. The van der Waals surface area contributed by atoms with Crippen LogP contribution in [0.5, 0.6) is 0 Å². The van der Waals surface area contributed by atoms with Crippen molar-refractivity contribution < 1.29 is 29.0 Å². The number of amides is 1. The summed E-state index contributed by atoms with van der Waals surface area (Å²) in [5.74, 6) is -1.41. The zero-order chi connectivity index (χ0) is 13.7. The van der Waals surface area contributed by atoms with E-state index in [1.807, 2.05) is 0 Å². The molecule has 8 heteroatoms. The number of carbonyl (C=O) groups is 3. The van der Waals surface area contributed by atoms with Gasteiger partial charge in [0.25, 0.3) is 0 Å². The van der Waals surface area contributed by atoms with Crippen molar-refractivity contribution in [2.24, 2.45) is 0 Å². The first-order chi connectivity index (χ1) is 8.40. The zero-order valence-corrected chi connectivity index (χ0v) is 10.1. The molecule has 0 saturated carbocycles. The molecule has 1 fully saturated rings. The van der Waals surface area contributed by atoms with Crippen molar-refractivity contribution in [3.05, 3.63) is 0 Å². The summed E-state index contributed by atoms with van der Waals surface area (Å²) in [6, 6.07) is -0.563. The second-order valence-electron chi connectivity index (χ2n) is 3.95. The third-order valence-electron chi connectivity index (χ3n) is 2.34. The van der Waals surface area contributed by atoms with E-state index in [1.54, 1.807) is 0 Å². The summed E-state index contributed by atoms with van der Waals surface area (Å²) in [4.78, 5) is 32.7. The van der Waals surface area contributed by atoms with Crippen LogP contribution in [-0.4, -0.2) is 47.8 Å². The number of hydrazine groups is 1. The highest BCUT2D eigenvalue weighted by molar-refractivity contribution is 5.78. The van der Waals surface area contributed by atoms with E-state index >= 15 is 0 Å². The monoisotopic (exact) mass is 260 g/mol. The molecule has 0 aromatic rings. The highest BCUT2D eigenvalue weighted by Gasteiger charge is 2.36. The van der Waals surface area contributed by atoms with E-state index in [2.05, 4.69) is 15.6 Å². The van der Waals surface area contributed by atoms with E-state index in [0.29, 0.717) is 0 Å². The summed E-state index contributed by atoms with van der Waals surface area (Å²) < 4.78 is 9.58. The third kappa shape index (κ3) is 4.30. The number of ether oxygens (including phenoxy) is 2. The number of aliphatic hydroxyl groups is 1. The quantitative estimate of drug-likeness (QED) is 0.501. The van der Waals surface area contributed by atoms with Gasteiger partial charge in [-0.1, -0.05) is 0 Å². The molecule has 1 amide bonds. The van der Waals surface area contributed by atoms with Crippen molar-refractivity contribution in [2.45, 2.75) is 38.5 Å². The normalized spacial score (nSPS) is 21.9. The van der Waals surface area contributed by atoms with Crippen molar-refractivity contribution in [3.8, 4) is 0 Å². The van der Waals surface area contributed by atoms with Crippen molar-refractivity contribution in [3.63, 3.8) is 0 Å².